The number of para-hydroxylation sites is 4. The monoisotopic (exact) mass is 675 g/mol. The average molecular weight is 676 g/mol. The van der Waals surface area contributed by atoms with Crippen LogP contribution in [-0.4, -0.2) is 9.13 Å². The first-order valence-corrected chi connectivity index (χ1v) is 17.8. The fourth-order valence-electron chi connectivity index (χ4n) is 8.39. The lowest BCUT2D eigenvalue weighted by atomic mass is 9.97. The number of aromatic nitrogens is 2. The maximum Gasteiger partial charge on any atom is 0.145 e. The smallest absolute Gasteiger partial charge is 0.145 e. The van der Waals surface area contributed by atoms with E-state index in [4.69, 9.17) is 4.42 Å². The normalized spacial score (nSPS) is 11.8. The zero-order chi connectivity index (χ0) is 35.0. The van der Waals surface area contributed by atoms with Crippen LogP contribution in [0.5, 0.6) is 0 Å². The number of nitrogens with zero attached hydrogens (tertiary/aromatic N) is 3. The number of rotatable bonds is 4. The topological polar surface area (TPSA) is 46.8 Å². The Morgan fingerprint density at radius 2 is 1.08 bits per heavy atom. The van der Waals surface area contributed by atoms with E-state index in [1.165, 1.54) is 10.8 Å². The van der Waals surface area contributed by atoms with Gasteiger partial charge in [-0.2, -0.15) is 5.26 Å². The molecule has 11 rings (SSSR count). The van der Waals surface area contributed by atoms with E-state index < -0.39 is 0 Å². The van der Waals surface area contributed by atoms with E-state index >= 15 is 0 Å². The standard InChI is InChI=1S/C49H29N3O/c50-30-31-20-22-32(23-21-31)33-10-9-11-34(28-33)36-25-24-35(29-46(36)52-42-16-5-1-12-37(42)38-13-2-6-17-43(38)52)51-44-18-7-3-15-41(44)48-45(51)27-26-40-39-14-4-8-19-47(39)53-49(40)48/h1-29H. The Hall–Kier alpha value is -7.35. The van der Waals surface area contributed by atoms with Gasteiger partial charge in [-0.15, -0.1) is 0 Å². The summed E-state index contributed by atoms with van der Waals surface area (Å²) in [5, 5.41) is 16.4. The summed E-state index contributed by atoms with van der Waals surface area (Å²) in [7, 11) is 0. The van der Waals surface area contributed by atoms with Gasteiger partial charge in [0.25, 0.3) is 0 Å². The van der Waals surface area contributed by atoms with Crippen LogP contribution in [-0.2, 0) is 0 Å². The summed E-state index contributed by atoms with van der Waals surface area (Å²) in [6.45, 7) is 0. The van der Waals surface area contributed by atoms with Crippen molar-refractivity contribution in [3.63, 3.8) is 0 Å². The molecule has 0 bridgehead atoms. The summed E-state index contributed by atoms with van der Waals surface area (Å²) < 4.78 is 11.4. The van der Waals surface area contributed by atoms with Crippen molar-refractivity contribution in [3.8, 4) is 39.7 Å². The van der Waals surface area contributed by atoms with Crippen LogP contribution in [0.2, 0.25) is 0 Å². The van der Waals surface area contributed by atoms with Crippen LogP contribution >= 0.6 is 0 Å². The third-order valence-corrected chi connectivity index (χ3v) is 10.8. The molecule has 4 heteroatoms. The summed E-state index contributed by atoms with van der Waals surface area (Å²) in [5.41, 5.74) is 13.6. The Labute approximate surface area is 304 Å². The molecule has 246 valence electrons. The van der Waals surface area contributed by atoms with E-state index in [0.717, 1.165) is 88.4 Å². The van der Waals surface area contributed by atoms with Gasteiger partial charge in [-0.25, -0.2) is 0 Å². The molecule has 0 aliphatic heterocycles. The van der Waals surface area contributed by atoms with Gasteiger partial charge >= 0.3 is 0 Å². The molecule has 8 aromatic carbocycles. The summed E-state index contributed by atoms with van der Waals surface area (Å²) in [5.74, 6) is 0. The molecule has 0 spiro atoms. The molecule has 53 heavy (non-hydrogen) atoms. The average Bonchev–Trinajstić information content (AvgIpc) is 3.88. The third-order valence-electron chi connectivity index (χ3n) is 10.8. The number of furan rings is 1. The van der Waals surface area contributed by atoms with Crippen molar-refractivity contribution in [2.75, 3.05) is 0 Å². The van der Waals surface area contributed by atoms with Gasteiger partial charge in [-0.05, 0) is 83.4 Å². The van der Waals surface area contributed by atoms with Crippen LogP contribution < -0.4 is 0 Å². The van der Waals surface area contributed by atoms with Gasteiger partial charge < -0.3 is 13.6 Å². The molecule has 3 heterocycles. The Morgan fingerprint density at radius 3 is 1.81 bits per heavy atom. The molecule has 0 amide bonds. The second-order valence-corrected chi connectivity index (χ2v) is 13.6. The van der Waals surface area contributed by atoms with Crippen molar-refractivity contribution in [2.24, 2.45) is 0 Å². The molecular formula is C49H29N3O. The molecule has 3 aromatic heterocycles. The maximum atomic E-state index is 9.39. The number of fused-ring (bicyclic) bond motifs is 10. The molecule has 0 aliphatic rings. The molecule has 0 unspecified atom stereocenters. The summed E-state index contributed by atoms with van der Waals surface area (Å²) >= 11 is 0. The first-order valence-electron chi connectivity index (χ1n) is 17.8. The van der Waals surface area contributed by atoms with E-state index in [2.05, 4.69) is 155 Å². The SMILES string of the molecule is N#Cc1ccc(-c2cccc(-c3ccc(-n4c5ccccc5c5c6oc7ccccc7c6ccc54)cc3-n3c4ccccc4c4ccccc43)c2)cc1. The minimum atomic E-state index is 0.653. The highest BCUT2D eigenvalue weighted by Gasteiger charge is 2.21. The fraction of sp³-hybridized carbons (Fsp3) is 0. The Kier molecular flexibility index (Phi) is 6.28. The van der Waals surface area contributed by atoms with Crippen LogP contribution in [0, 0.1) is 11.3 Å². The van der Waals surface area contributed by atoms with Crippen LogP contribution in [0.25, 0.3) is 99.2 Å². The largest absolute Gasteiger partial charge is 0.455 e. The minimum Gasteiger partial charge on any atom is -0.455 e. The molecule has 0 radical (unpaired) electrons. The molecule has 0 fully saturated rings. The van der Waals surface area contributed by atoms with E-state index in [1.807, 2.05) is 36.4 Å². The second kappa shape index (κ2) is 11.3. The van der Waals surface area contributed by atoms with Crippen molar-refractivity contribution in [2.45, 2.75) is 0 Å². The molecule has 0 saturated carbocycles. The number of nitriles is 1. The van der Waals surface area contributed by atoms with Crippen molar-refractivity contribution in [3.05, 3.63) is 181 Å². The van der Waals surface area contributed by atoms with Gasteiger partial charge in [0.2, 0.25) is 0 Å². The fourth-order valence-corrected chi connectivity index (χ4v) is 8.39. The van der Waals surface area contributed by atoms with Crippen LogP contribution in [0.1, 0.15) is 5.56 Å². The number of hydrogen-bond acceptors (Lipinski definition) is 2. The van der Waals surface area contributed by atoms with Crippen molar-refractivity contribution in [1.82, 2.24) is 9.13 Å². The van der Waals surface area contributed by atoms with Gasteiger partial charge in [0.1, 0.15) is 11.2 Å². The van der Waals surface area contributed by atoms with E-state index in [0.29, 0.717) is 5.56 Å². The first-order chi connectivity index (χ1) is 26.2. The lowest BCUT2D eigenvalue weighted by Gasteiger charge is -2.18. The van der Waals surface area contributed by atoms with Crippen LogP contribution in [0.3, 0.4) is 0 Å². The quantitative estimate of drug-likeness (QED) is 0.186. The molecule has 11 aromatic rings. The summed E-state index contributed by atoms with van der Waals surface area (Å²) in [6.07, 6.45) is 0. The third kappa shape index (κ3) is 4.35. The summed E-state index contributed by atoms with van der Waals surface area (Å²) in [6, 6.07) is 64.4. The number of benzene rings is 8. The molecular weight excluding hydrogens is 647 g/mol. The van der Waals surface area contributed by atoms with Crippen molar-refractivity contribution in [1.29, 1.82) is 5.26 Å². The highest BCUT2D eigenvalue weighted by molar-refractivity contribution is 6.24. The lowest BCUT2D eigenvalue weighted by molar-refractivity contribution is 0.673. The van der Waals surface area contributed by atoms with Crippen molar-refractivity contribution >= 4 is 65.6 Å². The number of hydrogen-bond donors (Lipinski definition) is 0. The molecule has 0 saturated heterocycles. The molecule has 0 atom stereocenters. The van der Waals surface area contributed by atoms with Crippen LogP contribution in [0.15, 0.2) is 180 Å². The van der Waals surface area contributed by atoms with E-state index in [1.54, 1.807) is 0 Å². The predicted octanol–water partition coefficient (Wildman–Crippen LogP) is 13.0. The van der Waals surface area contributed by atoms with Crippen LogP contribution in [0.4, 0.5) is 0 Å². The first kappa shape index (κ1) is 29.4. The van der Waals surface area contributed by atoms with Gasteiger partial charge in [0.05, 0.1) is 44.8 Å². The van der Waals surface area contributed by atoms with Gasteiger partial charge in [0.15, 0.2) is 0 Å². The zero-order valence-electron chi connectivity index (χ0n) is 28.5. The molecule has 0 N–H and O–H groups in total. The molecule has 4 nitrogen and oxygen atoms in total. The van der Waals surface area contributed by atoms with Gasteiger partial charge in [0, 0.05) is 38.2 Å². The Bertz CT molecular complexity index is 3240. The van der Waals surface area contributed by atoms with E-state index in [9.17, 15) is 5.26 Å². The Morgan fingerprint density at radius 1 is 0.434 bits per heavy atom. The highest BCUT2D eigenvalue weighted by atomic mass is 16.3. The summed E-state index contributed by atoms with van der Waals surface area (Å²) in [4.78, 5) is 0. The molecule has 0 aliphatic carbocycles. The zero-order valence-corrected chi connectivity index (χ0v) is 28.5. The van der Waals surface area contributed by atoms with Crippen molar-refractivity contribution < 1.29 is 4.42 Å². The second-order valence-electron chi connectivity index (χ2n) is 13.6. The Balaban J connectivity index is 1.21. The van der Waals surface area contributed by atoms with E-state index in [-0.39, 0.29) is 0 Å². The predicted molar refractivity (Wildman–Crippen MR) is 218 cm³/mol. The maximum absolute atomic E-state index is 9.39. The van der Waals surface area contributed by atoms with Gasteiger partial charge in [-0.1, -0.05) is 109 Å². The van der Waals surface area contributed by atoms with Gasteiger partial charge in [-0.3, -0.25) is 0 Å². The minimum absolute atomic E-state index is 0.653. The highest BCUT2D eigenvalue weighted by Crippen LogP contribution is 2.43. The lowest BCUT2D eigenvalue weighted by Crippen LogP contribution is -2.01.